The molecule has 51 heavy (non-hydrogen) atoms. The molecule has 0 aliphatic carbocycles. The van der Waals surface area contributed by atoms with Crippen molar-refractivity contribution in [3.63, 3.8) is 0 Å². The first-order valence-corrected chi connectivity index (χ1v) is 16.0. The minimum atomic E-state index is -4.78. The largest absolute Gasteiger partial charge is 0.416 e. The number of halogens is 6. The van der Waals surface area contributed by atoms with Crippen LogP contribution in [0.3, 0.4) is 0 Å². The highest BCUT2D eigenvalue weighted by Gasteiger charge is 2.41. The Morgan fingerprint density at radius 1 is 1.06 bits per heavy atom. The number of alkyl halides is 6. The predicted octanol–water partition coefficient (Wildman–Crippen LogP) is 5.63. The molecule has 2 aliphatic heterocycles. The summed E-state index contributed by atoms with van der Waals surface area (Å²) in [6.07, 6.45) is -9.06. The minimum absolute atomic E-state index is 0.00323. The van der Waals surface area contributed by atoms with Crippen molar-refractivity contribution in [2.75, 3.05) is 29.9 Å². The number of aliphatic hydroxyl groups excluding tert-OH is 1. The Hall–Kier alpha value is -5.21. The maximum absolute atomic E-state index is 14.5. The van der Waals surface area contributed by atoms with E-state index in [2.05, 4.69) is 25.8 Å². The third-order valence-corrected chi connectivity index (χ3v) is 8.75. The van der Waals surface area contributed by atoms with Crippen LogP contribution in [0.15, 0.2) is 48.8 Å². The number of pyridine rings is 1. The molecule has 0 spiro atoms. The predicted molar refractivity (Wildman–Crippen MR) is 173 cm³/mol. The molecular weight excluding hydrogens is 680 g/mol. The summed E-state index contributed by atoms with van der Waals surface area (Å²) in [5.74, 6) is 0.177. The number of amides is 1. The molecule has 0 saturated carbocycles. The molecule has 2 aliphatic rings. The third-order valence-electron chi connectivity index (χ3n) is 8.75. The average Bonchev–Trinajstić information content (AvgIpc) is 3.63. The Labute approximate surface area is 288 Å². The van der Waals surface area contributed by atoms with Crippen molar-refractivity contribution in [1.29, 1.82) is 5.26 Å². The summed E-state index contributed by atoms with van der Waals surface area (Å²) in [4.78, 5) is 19.6. The molecule has 6 rings (SSSR count). The normalized spacial score (nSPS) is 18.0. The molecule has 1 saturated heterocycles. The first-order chi connectivity index (χ1) is 24.1. The smallest absolute Gasteiger partial charge is 0.370 e. The number of hydrogen-bond donors (Lipinski definition) is 3. The summed E-state index contributed by atoms with van der Waals surface area (Å²) >= 11 is 0. The fraction of sp³-hybridized carbons (Fsp3) is 0.382. The lowest BCUT2D eigenvalue weighted by Crippen LogP contribution is -2.52. The number of hydrogen-bond acceptors (Lipinski definition) is 9. The molecule has 4 aromatic rings. The van der Waals surface area contributed by atoms with E-state index >= 15 is 0 Å². The van der Waals surface area contributed by atoms with Crippen LogP contribution >= 0.6 is 0 Å². The molecule has 1 amide bonds. The van der Waals surface area contributed by atoms with Crippen LogP contribution in [0.25, 0.3) is 22.5 Å². The molecule has 1 unspecified atom stereocenters. The highest BCUT2D eigenvalue weighted by molar-refractivity contribution is 5.84. The van der Waals surface area contributed by atoms with E-state index in [4.69, 9.17) is 5.26 Å². The van der Waals surface area contributed by atoms with Gasteiger partial charge in [0.05, 0.1) is 23.7 Å². The summed E-state index contributed by atoms with van der Waals surface area (Å²) in [7, 11) is 1.63. The molecule has 1 fully saturated rings. The summed E-state index contributed by atoms with van der Waals surface area (Å²) in [5.41, 5.74) is -1.20. The van der Waals surface area contributed by atoms with E-state index in [1.54, 1.807) is 18.9 Å². The van der Waals surface area contributed by atoms with Gasteiger partial charge in [0.1, 0.15) is 18.0 Å². The van der Waals surface area contributed by atoms with Crippen molar-refractivity contribution >= 4 is 17.5 Å². The number of nitrogens with zero attached hydrogens (tertiary/aromatic N) is 7. The van der Waals surface area contributed by atoms with Crippen molar-refractivity contribution in [2.24, 2.45) is 7.05 Å². The van der Waals surface area contributed by atoms with Crippen molar-refractivity contribution < 1.29 is 36.2 Å². The van der Waals surface area contributed by atoms with Crippen LogP contribution in [-0.4, -0.2) is 61.3 Å². The summed E-state index contributed by atoms with van der Waals surface area (Å²) in [6, 6.07) is 10.4. The first-order valence-electron chi connectivity index (χ1n) is 16.0. The Bertz CT molecular complexity index is 1990. The molecule has 268 valence electrons. The Morgan fingerprint density at radius 2 is 1.84 bits per heavy atom. The molecule has 2 aromatic heterocycles. The molecule has 0 bridgehead atoms. The number of nitriles is 1. The van der Waals surface area contributed by atoms with Crippen molar-refractivity contribution in [1.82, 2.24) is 30.0 Å². The van der Waals surface area contributed by atoms with Crippen LogP contribution in [0, 0.1) is 11.3 Å². The zero-order valence-electron chi connectivity index (χ0n) is 27.5. The summed E-state index contributed by atoms with van der Waals surface area (Å²) < 4.78 is 87.2. The first kappa shape index (κ1) is 35.6. The van der Waals surface area contributed by atoms with Gasteiger partial charge in [-0.15, -0.1) is 10.2 Å². The Kier molecular flexibility index (Phi) is 9.66. The van der Waals surface area contributed by atoms with E-state index in [-0.39, 0.29) is 83.3 Å². The monoisotopic (exact) mass is 713 g/mol. The molecular formula is C34H33F6N9O2. The zero-order chi connectivity index (χ0) is 36.7. The molecule has 2 atom stereocenters. The van der Waals surface area contributed by atoms with Gasteiger partial charge in [0.15, 0.2) is 12.1 Å². The van der Waals surface area contributed by atoms with Gasteiger partial charge in [-0.05, 0) is 78.1 Å². The number of rotatable bonds is 9. The van der Waals surface area contributed by atoms with Crippen LogP contribution in [-0.2, 0) is 37.3 Å². The van der Waals surface area contributed by atoms with Crippen LogP contribution in [0.5, 0.6) is 0 Å². The molecule has 4 heterocycles. The van der Waals surface area contributed by atoms with Crippen LogP contribution in [0.1, 0.15) is 53.8 Å². The number of aromatic nitrogens is 4. The van der Waals surface area contributed by atoms with Crippen LogP contribution < -0.4 is 15.5 Å². The van der Waals surface area contributed by atoms with E-state index in [0.717, 1.165) is 18.2 Å². The second kappa shape index (κ2) is 13.8. The van der Waals surface area contributed by atoms with E-state index in [9.17, 15) is 36.2 Å². The van der Waals surface area contributed by atoms with Crippen molar-refractivity contribution in [2.45, 2.75) is 57.5 Å². The van der Waals surface area contributed by atoms with Gasteiger partial charge in [0.2, 0.25) is 5.91 Å². The van der Waals surface area contributed by atoms with Gasteiger partial charge in [0.25, 0.3) is 0 Å². The number of aliphatic hydroxyl groups is 1. The lowest BCUT2D eigenvalue weighted by atomic mass is 9.96. The zero-order valence-corrected chi connectivity index (χ0v) is 27.5. The number of anilines is 2. The maximum atomic E-state index is 14.5. The minimum Gasteiger partial charge on any atom is -0.370 e. The van der Waals surface area contributed by atoms with Crippen LogP contribution in [0.2, 0.25) is 0 Å². The Balaban J connectivity index is 1.45. The number of piperazine rings is 1. The van der Waals surface area contributed by atoms with Gasteiger partial charge in [-0.3, -0.25) is 9.69 Å². The van der Waals surface area contributed by atoms with E-state index in [1.807, 2.05) is 6.07 Å². The standard InChI is InChI=1S/C34H33F6N9O2/c1-19-14-48(17-30(50)44-19)15-20-9-25-26(27(10-20)34(38,39)40)16-49(32(25)51)29-12-21(11-28(45-29)42-8-4-3-7-41)24-13-22(33(35,36)37)5-6-23(24)31-46-43-18-47(31)2/h5-6,9-13,18-19,32,51H,3-4,8,14-17H2,1-2H3,(H,42,45)(H,44,50)/t19-,32?/m1/s1. The SMILES string of the molecule is C[C@@H]1CN(Cc2cc3c(c(C(F)(F)F)c2)CN(c2cc(-c4cc(C(F)(F)F)ccc4-c4nncn4C)cc(NCCCC#N)n2)C3O)CC(=O)N1. The van der Waals surface area contributed by atoms with E-state index in [1.165, 1.54) is 40.1 Å². The number of unbranched alkanes of at least 4 members (excludes halogenated alkanes) is 1. The van der Waals surface area contributed by atoms with Gasteiger partial charge in [-0.1, -0.05) is 0 Å². The Morgan fingerprint density at radius 3 is 2.51 bits per heavy atom. The third kappa shape index (κ3) is 7.61. The highest BCUT2D eigenvalue weighted by atomic mass is 19.4. The average molecular weight is 714 g/mol. The number of benzene rings is 2. The second-order valence-electron chi connectivity index (χ2n) is 12.7. The fourth-order valence-corrected chi connectivity index (χ4v) is 6.51. The topological polar surface area (TPSA) is 135 Å². The van der Waals surface area contributed by atoms with Crippen molar-refractivity contribution in [3.05, 3.63) is 76.6 Å². The van der Waals surface area contributed by atoms with Crippen LogP contribution in [0.4, 0.5) is 38.0 Å². The van der Waals surface area contributed by atoms with Crippen molar-refractivity contribution in [3.8, 4) is 28.6 Å². The number of fused-ring (bicyclic) bond motifs is 1. The number of carbonyl (C=O) groups is 1. The van der Waals surface area contributed by atoms with E-state index in [0.29, 0.717) is 18.5 Å². The fourth-order valence-electron chi connectivity index (χ4n) is 6.51. The maximum Gasteiger partial charge on any atom is 0.416 e. The van der Waals surface area contributed by atoms with Gasteiger partial charge < -0.3 is 25.2 Å². The summed E-state index contributed by atoms with van der Waals surface area (Å²) in [6.45, 7) is 2.11. The molecule has 11 nitrogen and oxygen atoms in total. The molecule has 3 N–H and O–H groups in total. The molecule has 0 radical (unpaired) electrons. The molecule has 17 heteroatoms. The number of carbonyl (C=O) groups excluding carboxylic acids is 1. The summed E-state index contributed by atoms with van der Waals surface area (Å²) in [5, 5.41) is 34.3. The number of nitrogens with one attached hydrogen (secondary N) is 2. The molecule has 2 aromatic carbocycles. The quantitative estimate of drug-likeness (QED) is 0.149. The second-order valence-corrected chi connectivity index (χ2v) is 12.7. The van der Waals surface area contributed by atoms with E-state index < -0.39 is 36.3 Å². The lowest BCUT2D eigenvalue weighted by Gasteiger charge is -2.31. The van der Waals surface area contributed by atoms with Gasteiger partial charge in [0, 0.05) is 56.8 Å². The van der Waals surface area contributed by atoms with Gasteiger partial charge in [-0.25, -0.2) is 4.98 Å². The lowest BCUT2D eigenvalue weighted by molar-refractivity contribution is -0.138. The van der Waals surface area contributed by atoms with Gasteiger partial charge >= 0.3 is 12.4 Å². The van der Waals surface area contributed by atoms with Gasteiger partial charge in [-0.2, -0.15) is 31.6 Å². The highest BCUT2D eigenvalue weighted by Crippen LogP contribution is 2.45. The number of aryl methyl sites for hydroxylation is 1.